The number of benzene rings is 4. The van der Waals surface area contributed by atoms with Crippen molar-refractivity contribution in [2.24, 2.45) is 5.10 Å². The van der Waals surface area contributed by atoms with E-state index in [0.717, 1.165) is 27.1 Å². The summed E-state index contributed by atoms with van der Waals surface area (Å²) in [5, 5.41) is 19.3. The molecule has 4 rings (SSSR count). The molecule has 7 heteroatoms. The normalized spacial score (nSPS) is 11.1. The van der Waals surface area contributed by atoms with Crippen molar-refractivity contribution >= 4 is 39.4 Å². The predicted octanol–water partition coefficient (Wildman–Crippen LogP) is 4.43. The molecule has 0 radical (unpaired) electrons. The molecule has 7 nitrogen and oxygen atoms in total. The molecule has 0 fully saturated rings. The summed E-state index contributed by atoms with van der Waals surface area (Å²) in [6.45, 7) is -0.390. The monoisotopic (exact) mass is 399 g/mol. The number of fused-ring (bicyclic) bond motifs is 2. The molecular formula is C23H17N3O4. The van der Waals surface area contributed by atoms with Gasteiger partial charge >= 0.3 is 5.69 Å². The van der Waals surface area contributed by atoms with Crippen molar-refractivity contribution < 1.29 is 14.5 Å². The van der Waals surface area contributed by atoms with E-state index in [2.05, 4.69) is 16.6 Å². The van der Waals surface area contributed by atoms with Crippen LogP contribution in [0.2, 0.25) is 0 Å². The van der Waals surface area contributed by atoms with Gasteiger partial charge in [-0.25, -0.2) is 5.43 Å². The van der Waals surface area contributed by atoms with E-state index in [1.165, 1.54) is 18.2 Å². The Morgan fingerprint density at radius 3 is 2.23 bits per heavy atom. The van der Waals surface area contributed by atoms with Gasteiger partial charge in [-0.2, -0.15) is 5.10 Å². The topological polar surface area (TPSA) is 93.8 Å². The highest BCUT2D eigenvalue weighted by molar-refractivity contribution is 6.13. The Kier molecular flexibility index (Phi) is 5.34. The van der Waals surface area contributed by atoms with Crippen molar-refractivity contribution in [1.82, 2.24) is 5.43 Å². The Bertz CT molecular complexity index is 1230. The summed E-state index contributed by atoms with van der Waals surface area (Å²) >= 11 is 0. The molecule has 1 N–H and O–H groups in total. The molecule has 0 aromatic heterocycles. The summed E-state index contributed by atoms with van der Waals surface area (Å²) in [5.41, 5.74) is 3.11. The summed E-state index contributed by atoms with van der Waals surface area (Å²) in [6.07, 6.45) is 1.60. The minimum atomic E-state index is -0.559. The summed E-state index contributed by atoms with van der Waals surface area (Å²) < 4.78 is 5.28. The second-order valence-electron chi connectivity index (χ2n) is 6.54. The predicted molar refractivity (Wildman–Crippen MR) is 116 cm³/mol. The van der Waals surface area contributed by atoms with Crippen molar-refractivity contribution in [2.75, 3.05) is 6.61 Å². The quantitative estimate of drug-likeness (QED) is 0.225. The first-order valence-corrected chi connectivity index (χ1v) is 9.22. The van der Waals surface area contributed by atoms with Crippen LogP contribution in [-0.4, -0.2) is 23.7 Å². The number of nitro groups is 1. The lowest BCUT2D eigenvalue weighted by molar-refractivity contribution is -0.385. The minimum Gasteiger partial charge on any atom is -0.477 e. The third-order valence-electron chi connectivity index (χ3n) is 4.62. The van der Waals surface area contributed by atoms with E-state index in [0.29, 0.717) is 0 Å². The minimum absolute atomic E-state index is 0.0293. The molecule has 4 aromatic carbocycles. The van der Waals surface area contributed by atoms with Gasteiger partial charge < -0.3 is 4.74 Å². The molecule has 0 aliphatic heterocycles. The highest BCUT2D eigenvalue weighted by atomic mass is 16.6. The van der Waals surface area contributed by atoms with Crippen molar-refractivity contribution in [3.05, 3.63) is 94.5 Å². The van der Waals surface area contributed by atoms with Crippen LogP contribution in [0, 0.1) is 10.1 Å². The molecular weight excluding hydrogens is 382 g/mol. The molecule has 0 atom stereocenters. The maximum atomic E-state index is 12.1. The van der Waals surface area contributed by atoms with Crippen LogP contribution in [0.4, 0.5) is 5.69 Å². The molecule has 4 aromatic rings. The maximum Gasteiger partial charge on any atom is 0.310 e. The van der Waals surface area contributed by atoms with E-state index >= 15 is 0 Å². The molecule has 1 amide bonds. The summed E-state index contributed by atoms with van der Waals surface area (Å²) in [4.78, 5) is 22.5. The number of nitrogens with one attached hydrogen (secondary N) is 1. The standard InChI is InChI=1S/C23H17N3O4/c27-23(15-30-22-12-6-5-11-21(22)26(28)29)25-24-14-20-18-9-3-1-7-16(18)13-17-8-2-4-10-19(17)20/h1-14H,15H2,(H,25,27)/b24-14+. The van der Waals surface area contributed by atoms with Gasteiger partial charge in [0.25, 0.3) is 5.91 Å². The zero-order chi connectivity index (χ0) is 20.9. The Balaban J connectivity index is 1.51. The Hall–Kier alpha value is -4.26. The smallest absolute Gasteiger partial charge is 0.310 e. The van der Waals surface area contributed by atoms with Gasteiger partial charge in [-0.1, -0.05) is 60.7 Å². The third kappa shape index (κ3) is 3.95. The fourth-order valence-corrected chi connectivity index (χ4v) is 3.26. The van der Waals surface area contributed by atoms with Crippen LogP contribution in [0.3, 0.4) is 0 Å². The van der Waals surface area contributed by atoms with Gasteiger partial charge in [0.15, 0.2) is 12.4 Å². The molecule has 0 bridgehead atoms. The molecule has 148 valence electrons. The Morgan fingerprint density at radius 1 is 0.967 bits per heavy atom. The van der Waals surface area contributed by atoms with Gasteiger partial charge in [0.2, 0.25) is 0 Å². The lowest BCUT2D eigenvalue weighted by Gasteiger charge is -2.08. The number of amides is 1. The van der Waals surface area contributed by atoms with Gasteiger partial charge in [-0.05, 0) is 33.7 Å². The lowest BCUT2D eigenvalue weighted by Crippen LogP contribution is -2.24. The molecule has 0 aliphatic carbocycles. The van der Waals surface area contributed by atoms with E-state index in [1.807, 2.05) is 48.5 Å². The number of para-hydroxylation sites is 2. The third-order valence-corrected chi connectivity index (χ3v) is 4.62. The van der Waals surface area contributed by atoms with Crippen LogP contribution in [0.25, 0.3) is 21.5 Å². The number of carbonyl (C=O) groups is 1. The second-order valence-corrected chi connectivity index (χ2v) is 6.54. The summed E-state index contributed by atoms with van der Waals surface area (Å²) in [7, 11) is 0. The van der Waals surface area contributed by atoms with E-state index < -0.39 is 17.4 Å². The number of ether oxygens (including phenoxy) is 1. The van der Waals surface area contributed by atoms with Crippen molar-refractivity contribution in [3.63, 3.8) is 0 Å². The second kappa shape index (κ2) is 8.40. The molecule has 0 unspecified atom stereocenters. The van der Waals surface area contributed by atoms with Gasteiger partial charge in [0.05, 0.1) is 11.1 Å². The number of nitro benzene ring substituents is 1. The lowest BCUT2D eigenvalue weighted by atomic mass is 9.97. The zero-order valence-electron chi connectivity index (χ0n) is 15.8. The zero-order valence-corrected chi connectivity index (χ0v) is 15.8. The van der Waals surface area contributed by atoms with Crippen LogP contribution < -0.4 is 10.2 Å². The molecule has 0 heterocycles. The van der Waals surface area contributed by atoms with Gasteiger partial charge in [0, 0.05) is 11.6 Å². The van der Waals surface area contributed by atoms with Crippen LogP contribution in [0.5, 0.6) is 5.75 Å². The molecule has 0 aliphatic rings. The van der Waals surface area contributed by atoms with Crippen LogP contribution in [-0.2, 0) is 4.79 Å². The van der Waals surface area contributed by atoms with Crippen molar-refractivity contribution in [1.29, 1.82) is 0 Å². The Morgan fingerprint density at radius 2 is 1.57 bits per heavy atom. The van der Waals surface area contributed by atoms with E-state index in [9.17, 15) is 14.9 Å². The maximum absolute atomic E-state index is 12.1. The van der Waals surface area contributed by atoms with E-state index in [-0.39, 0.29) is 11.4 Å². The van der Waals surface area contributed by atoms with Gasteiger partial charge in [-0.3, -0.25) is 14.9 Å². The summed E-state index contributed by atoms with van der Waals surface area (Å²) in [6, 6.07) is 23.9. The average molecular weight is 399 g/mol. The first-order valence-electron chi connectivity index (χ1n) is 9.22. The van der Waals surface area contributed by atoms with Crippen molar-refractivity contribution in [2.45, 2.75) is 0 Å². The highest BCUT2D eigenvalue weighted by Crippen LogP contribution is 2.27. The number of rotatable bonds is 6. The number of hydrazone groups is 1. The van der Waals surface area contributed by atoms with Gasteiger partial charge in [-0.15, -0.1) is 0 Å². The molecule has 30 heavy (non-hydrogen) atoms. The summed E-state index contributed by atoms with van der Waals surface area (Å²) in [5.74, 6) is -0.490. The number of nitrogens with zero attached hydrogens (tertiary/aromatic N) is 2. The Labute approximate surface area is 171 Å². The van der Waals surface area contributed by atoms with Crippen LogP contribution in [0.1, 0.15) is 5.56 Å². The number of carbonyl (C=O) groups excluding carboxylic acids is 1. The fourth-order valence-electron chi connectivity index (χ4n) is 3.26. The number of hydrogen-bond donors (Lipinski definition) is 1. The van der Waals surface area contributed by atoms with Crippen LogP contribution in [0.15, 0.2) is 84.0 Å². The SMILES string of the molecule is O=C(COc1ccccc1[N+](=O)[O-])N/N=C/c1c2ccccc2cc2ccccc12. The van der Waals surface area contributed by atoms with E-state index in [4.69, 9.17) is 4.74 Å². The average Bonchev–Trinajstić information content (AvgIpc) is 2.77. The number of hydrogen-bond acceptors (Lipinski definition) is 5. The molecule has 0 saturated carbocycles. The first-order chi connectivity index (χ1) is 14.6. The van der Waals surface area contributed by atoms with Crippen LogP contribution >= 0.6 is 0 Å². The fraction of sp³-hybridized carbons (Fsp3) is 0.0435. The first kappa shape index (κ1) is 19.1. The largest absolute Gasteiger partial charge is 0.477 e. The van der Waals surface area contributed by atoms with E-state index in [1.54, 1.807) is 12.3 Å². The molecule has 0 spiro atoms. The highest BCUT2D eigenvalue weighted by Gasteiger charge is 2.14. The molecule has 0 saturated heterocycles. The van der Waals surface area contributed by atoms with Crippen molar-refractivity contribution in [3.8, 4) is 5.75 Å². The van der Waals surface area contributed by atoms with Gasteiger partial charge in [0.1, 0.15) is 0 Å².